The zero-order valence-corrected chi connectivity index (χ0v) is 28.5. The second-order valence-corrected chi connectivity index (χ2v) is 10.8. The predicted molar refractivity (Wildman–Crippen MR) is 179 cm³/mol. The molecule has 2 aromatic carbocycles. The first-order valence-electron chi connectivity index (χ1n) is 14.4. The number of rotatable bonds is 8. The highest BCUT2D eigenvalue weighted by Gasteiger charge is 2.28. The molecule has 5 rings (SSSR count). The van der Waals surface area contributed by atoms with Crippen LogP contribution in [0.2, 0.25) is 10.6 Å². The van der Waals surface area contributed by atoms with Gasteiger partial charge in [-0.3, -0.25) is 38.8 Å². The molecule has 1 aliphatic heterocycles. The number of carbonyl (C=O) groups excluding carboxylic acids is 4. The Kier molecular flexibility index (Phi) is 11.0. The van der Waals surface area contributed by atoms with E-state index in [0.717, 1.165) is 0 Å². The summed E-state index contributed by atoms with van der Waals surface area (Å²) >= 11 is 12.9. The van der Waals surface area contributed by atoms with E-state index in [2.05, 4.69) is 29.9 Å². The van der Waals surface area contributed by atoms with Gasteiger partial charge in [0.25, 0.3) is 0 Å². The minimum atomic E-state index is -0.659. The summed E-state index contributed by atoms with van der Waals surface area (Å²) in [6.45, 7) is -1.58. The first-order chi connectivity index (χ1) is 24.0. The summed E-state index contributed by atoms with van der Waals surface area (Å²) in [5.41, 5.74) is 1.32. The molecule has 0 saturated heterocycles. The van der Waals surface area contributed by atoms with Gasteiger partial charge in [-0.1, -0.05) is 12.1 Å². The van der Waals surface area contributed by atoms with Crippen LogP contribution in [0.3, 0.4) is 0 Å². The molecule has 260 valence electrons. The van der Waals surface area contributed by atoms with E-state index in [1.807, 2.05) is 0 Å². The SMILES string of the molecule is COC(=O)CN1c2cccc(c2)N(CC(=O)OC)c2nc(Cl)nc(n2)N(CC(=O)OC)c2cccc(c2)N(CC(=O)OC)c2nc(Cl)nc1n2. The van der Waals surface area contributed by atoms with Crippen LogP contribution < -0.4 is 19.6 Å². The molecule has 0 radical (unpaired) electrons. The number of carbonyl (C=O) groups is 4. The molecule has 8 bridgehead atoms. The molecule has 50 heavy (non-hydrogen) atoms. The average molecular weight is 728 g/mol. The molecule has 0 N–H and O–H groups in total. The summed E-state index contributed by atoms with van der Waals surface area (Å²) in [7, 11) is 4.87. The van der Waals surface area contributed by atoms with Crippen LogP contribution in [-0.4, -0.2) is 108 Å². The van der Waals surface area contributed by atoms with E-state index in [4.69, 9.17) is 42.1 Å². The van der Waals surface area contributed by atoms with Crippen LogP contribution in [0.25, 0.3) is 0 Å². The number of hydrogen-bond acceptors (Lipinski definition) is 18. The smallest absolute Gasteiger partial charge is 0.325 e. The van der Waals surface area contributed by atoms with Crippen LogP contribution in [-0.2, 0) is 38.1 Å². The largest absolute Gasteiger partial charge is 0.468 e. The molecule has 0 fully saturated rings. The maximum atomic E-state index is 12.7. The van der Waals surface area contributed by atoms with Gasteiger partial charge in [0.2, 0.25) is 34.4 Å². The molecule has 20 heteroatoms. The summed E-state index contributed by atoms with van der Waals surface area (Å²) in [5.74, 6) is -3.03. The van der Waals surface area contributed by atoms with Crippen molar-refractivity contribution in [2.24, 2.45) is 0 Å². The minimum Gasteiger partial charge on any atom is -0.468 e. The maximum Gasteiger partial charge on any atom is 0.325 e. The van der Waals surface area contributed by atoms with E-state index in [1.165, 1.54) is 48.0 Å². The van der Waals surface area contributed by atoms with Crippen molar-refractivity contribution in [2.45, 2.75) is 0 Å². The van der Waals surface area contributed by atoms with Crippen molar-refractivity contribution >= 4 is 93.6 Å². The van der Waals surface area contributed by atoms with Crippen molar-refractivity contribution in [3.8, 4) is 0 Å². The summed E-state index contributed by atoms with van der Waals surface area (Å²) in [6.07, 6.45) is 0. The fourth-order valence-electron chi connectivity index (χ4n) is 4.68. The fraction of sp³-hybridized carbons (Fsp3) is 0.267. The molecule has 0 spiro atoms. The molecular formula is C30H28Cl2N10O8. The Bertz CT molecular complexity index is 1680. The quantitative estimate of drug-likeness (QED) is 0.190. The number of aromatic nitrogens is 6. The van der Waals surface area contributed by atoms with Crippen LogP contribution in [0.5, 0.6) is 0 Å². The molecule has 0 aliphatic carbocycles. The fourth-order valence-corrected chi connectivity index (χ4v) is 4.99. The number of fused-ring (bicyclic) bond motifs is 8. The first-order valence-corrected chi connectivity index (χ1v) is 15.2. The number of benzene rings is 2. The second kappa shape index (κ2) is 15.6. The van der Waals surface area contributed by atoms with Crippen molar-refractivity contribution in [1.29, 1.82) is 0 Å². The van der Waals surface area contributed by atoms with Crippen LogP contribution in [0.4, 0.5) is 46.5 Å². The zero-order valence-electron chi connectivity index (χ0n) is 26.9. The molecule has 1 aliphatic rings. The lowest BCUT2D eigenvalue weighted by molar-refractivity contribution is -0.139. The van der Waals surface area contributed by atoms with Gasteiger partial charge in [0.05, 0.1) is 28.4 Å². The topological polar surface area (TPSA) is 195 Å². The standard InChI is InChI=1S/C30H28Cl2N10O8/c1-47-21(43)13-39-17-7-5-8-18(11-17)40(14-22(44)48-2)29-35-26(32)36-30(38-29)42(16-24(46)50-4)20-10-6-9-19(12-20)41(15-23(45)49-3)28-34-25(31)33-27(39)37-28/h5-12H,13-16H2,1-4H3. The predicted octanol–water partition coefficient (Wildman–Crippen LogP) is 2.92. The number of hydrogen-bond donors (Lipinski definition) is 0. The van der Waals surface area contributed by atoms with Crippen LogP contribution in [0, 0.1) is 0 Å². The Labute approximate surface area is 294 Å². The van der Waals surface area contributed by atoms with E-state index in [9.17, 15) is 19.2 Å². The van der Waals surface area contributed by atoms with E-state index >= 15 is 0 Å². The molecule has 0 unspecified atom stereocenters. The number of halogens is 2. The Morgan fingerprint density at radius 3 is 0.940 bits per heavy atom. The summed E-state index contributed by atoms with van der Waals surface area (Å²) in [6, 6.07) is 13.0. The number of nitrogens with zero attached hydrogens (tertiary/aromatic N) is 10. The van der Waals surface area contributed by atoms with Gasteiger partial charge in [-0.05, 0) is 59.6 Å². The minimum absolute atomic E-state index is 0.0991. The molecule has 3 heterocycles. The van der Waals surface area contributed by atoms with Crippen molar-refractivity contribution in [3.05, 3.63) is 59.1 Å². The lowest BCUT2D eigenvalue weighted by atomic mass is 10.2. The lowest BCUT2D eigenvalue weighted by Crippen LogP contribution is -2.33. The maximum absolute atomic E-state index is 12.7. The van der Waals surface area contributed by atoms with Crippen molar-refractivity contribution < 1.29 is 38.1 Å². The molecular weight excluding hydrogens is 699 g/mol. The Hall–Kier alpha value is -5.88. The third-order valence-electron chi connectivity index (χ3n) is 7.10. The monoisotopic (exact) mass is 726 g/mol. The number of esters is 4. The number of ether oxygens (including phenoxy) is 4. The van der Waals surface area contributed by atoms with E-state index in [1.54, 1.807) is 48.5 Å². The van der Waals surface area contributed by atoms with Crippen LogP contribution in [0.1, 0.15) is 0 Å². The zero-order chi connectivity index (χ0) is 35.9. The van der Waals surface area contributed by atoms with E-state index in [-0.39, 0.29) is 34.4 Å². The first kappa shape index (κ1) is 35.4. The van der Waals surface area contributed by atoms with Gasteiger partial charge < -0.3 is 18.9 Å². The average Bonchev–Trinajstić information content (AvgIpc) is 3.12. The van der Waals surface area contributed by atoms with Gasteiger partial charge in [-0.2, -0.15) is 29.9 Å². The van der Waals surface area contributed by atoms with Gasteiger partial charge in [-0.25, -0.2) is 0 Å². The molecule has 2 aromatic heterocycles. The van der Waals surface area contributed by atoms with Crippen LogP contribution >= 0.6 is 23.2 Å². The molecule has 4 aromatic rings. The van der Waals surface area contributed by atoms with E-state index in [0.29, 0.717) is 22.7 Å². The van der Waals surface area contributed by atoms with Crippen molar-refractivity contribution in [1.82, 2.24) is 29.9 Å². The van der Waals surface area contributed by atoms with E-state index < -0.39 is 50.1 Å². The lowest BCUT2D eigenvalue weighted by Gasteiger charge is -2.29. The highest BCUT2D eigenvalue weighted by molar-refractivity contribution is 6.28. The molecule has 18 nitrogen and oxygen atoms in total. The van der Waals surface area contributed by atoms with Gasteiger partial charge in [0, 0.05) is 22.7 Å². The Morgan fingerprint density at radius 1 is 0.480 bits per heavy atom. The normalized spacial score (nSPS) is 12.3. The Balaban J connectivity index is 1.86. The molecule has 0 amide bonds. The highest BCUT2D eigenvalue weighted by Crippen LogP contribution is 2.35. The summed E-state index contributed by atoms with van der Waals surface area (Å²) in [5, 5.41) is -0.546. The molecule has 0 saturated carbocycles. The summed E-state index contributed by atoms with van der Waals surface area (Å²) < 4.78 is 19.8. The highest BCUT2D eigenvalue weighted by atomic mass is 35.5. The van der Waals surface area contributed by atoms with Crippen molar-refractivity contribution in [2.75, 3.05) is 74.2 Å². The van der Waals surface area contributed by atoms with Gasteiger partial charge in [-0.15, -0.1) is 0 Å². The van der Waals surface area contributed by atoms with Crippen molar-refractivity contribution in [3.63, 3.8) is 0 Å². The van der Waals surface area contributed by atoms with Gasteiger partial charge in [0.15, 0.2) is 0 Å². The van der Waals surface area contributed by atoms with Gasteiger partial charge in [0.1, 0.15) is 26.2 Å². The number of anilines is 8. The second-order valence-electron chi connectivity index (χ2n) is 10.1. The number of methoxy groups -OCH3 is 4. The third kappa shape index (κ3) is 8.04. The Morgan fingerprint density at radius 2 is 0.720 bits per heavy atom. The molecule has 0 atom stereocenters. The van der Waals surface area contributed by atoms with Gasteiger partial charge >= 0.3 is 23.9 Å². The third-order valence-corrected chi connectivity index (χ3v) is 7.44. The van der Waals surface area contributed by atoms with Crippen LogP contribution in [0.15, 0.2) is 48.5 Å². The summed E-state index contributed by atoms with van der Waals surface area (Å²) in [4.78, 5) is 82.8.